The van der Waals surface area contributed by atoms with Gasteiger partial charge in [0.15, 0.2) is 0 Å². The van der Waals surface area contributed by atoms with E-state index in [-0.39, 0.29) is 12.0 Å². The van der Waals surface area contributed by atoms with E-state index in [1.807, 2.05) is 0 Å². The molecule has 0 saturated carbocycles. The third kappa shape index (κ3) is 2.64. The van der Waals surface area contributed by atoms with Gasteiger partial charge in [0.1, 0.15) is 0 Å². The summed E-state index contributed by atoms with van der Waals surface area (Å²) in [6, 6.07) is 9.09. The van der Waals surface area contributed by atoms with Crippen LogP contribution < -0.4 is 5.32 Å². The largest absolute Gasteiger partial charge is 0.469 e. The van der Waals surface area contributed by atoms with Crippen LogP contribution in [0.5, 0.6) is 0 Å². The number of para-hydroxylation sites is 1. The summed E-state index contributed by atoms with van der Waals surface area (Å²) in [6.07, 6.45) is 2.74. The topological polar surface area (TPSA) is 41.6 Å². The number of carbonyl (C=O) groups is 1. The summed E-state index contributed by atoms with van der Waals surface area (Å²) in [6.45, 7) is 4.30. The normalized spacial score (nSPS) is 27.6. The first-order valence-electron chi connectivity index (χ1n) is 7.91. The van der Waals surface area contributed by atoms with E-state index in [4.69, 9.17) is 4.74 Å². The number of fused-ring (bicyclic) bond motifs is 3. The minimum Gasteiger partial charge on any atom is -0.469 e. The number of benzene rings is 1. The molecule has 2 aliphatic rings. The first-order valence-corrected chi connectivity index (χ1v) is 7.91. The predicted molar refractivity (Wildman–Crippen MR) is 83.5 cm³/mol. The van der Waals surface area contributed by atoms with Gasteiger partial charge < -0.3 is 10.1 Å². The lowest BCUT2D eigenvalue weighted by molar-refractivity contribution is -0.142. The molecule has 0 bridgehead atoms. The van der Waals surface area contributed by atoms with E-state index < -0.39 is 0 Å². The Morgan fingerprint density at radius 1 is 1.43 bits per heavy atom. The van der Waals surface area contributed by atoms with Crippen molar-refractivity contribution in [3.05, 3.63) is 29.8 Å². The molecular weight excluding hydrogens is 264 g/mol. The maximum absolute atomic E-state index is 11.8. The molecule has 3 atom stereocenters. The van der Waals surface area contributed by atoms with Crippen LogP contribution in [0, 0.1) is 0 Å². The van der Waals surface area contributed by atoms with Gasteiger partial charge in [0.05, 0.1) is 13.5 Å². The average Bonchev–Trinajstić information content (AvgIpc) is 2.88. The highest BCUT2D eigenvalue weighted by Gasteiger charge is 2.43. The van der Waals surface area contributed by atoms with Crippen LogP contribution in [0.1, 0.15) is 37.7 Å². The third-order valence-corrected chi connectivity index (χ3v) is 4.84. The average molecular weight is 288 g/mol. The fraction of sp³-hybridized carbons (Fsp3) is 0.588. The number of anilines is 1. The maximum atomic E-state index is 11.8. The molecule has 2 aliphatic heterocycles. The Morgan fingerprint density at radius 2 is 2.24 bits per heavy atom. The number of nitrogens with one attached hydrogen (secondary N) is 1. The summed E-state index contributed by atoms with van der Waals surface area (Å²) in [5.41, 5.74) is 2.65. The zero-order valence-electron chi connectivity index (χ0n) is 12.8. The standard InChI is InChI=1S/C17H24N2O2/c1-3-9-19-10-8-13-12-6-4-5-7-14(12)18-17(13)15(19)11-16(20)21-2/h4-7,13,15,17-18H,3,8-11H2,1-2H3. The number of esters is 1. The van der Waals surface area contributed by atoms with Gasteiger partial charge in [-0.15, -0.1) is 0 Å². The molecule has 21 heavy (non-hydrogen) atoms. The lowest BCUT2D eigenvalue weighted by atomic mass is 9.82. The fourth-order valence-corrected chi connectivity index (χ4v) is 3.90. The van der Waals surface area contributed by atoms with Gasteiger partial charge >= 0.3 is 5.97 Å². The van der Waals surface area contributed by atoms with Crippen molar-refractivity contribution in [3.8, 4) is 0 Å². The summed E-state index contributed by atoms with van der Waals surface area (Å²) >= 11 is 0. The van der Waals surface area contributed by atoms with Crippen LogP contribution in [0.15, 0.2) is 24.3 Å². The Hall–Kier alpha value is -1.55. The highest BCUT2D eigenvalue weighted by molar-refractivity contribution is 5.71. The number of ether oxygens (including phenoxy) is 1. The molecule has 0 aliphatic carbocycles. The van der Waals surface area contributed by atoms with E-state index in [2.05, 4.69) is 41.4 Å². The molecule has 0 aromatic heterocycles. The number of methoxy groups -OCH3 is 1. The van der Waals surface area contributed by atoms with Gasteiger partial charge in [-0.1, -0.05) is 25.1 Å². The number of likely N-dealkylation sites (tertiary alicyclic amines) is 1. The minimum atomic E-state index is -0.112. The molecule has 114 valence electrons. The highest BCUT2D eigenvalue weighted by atomic mass is 16.5. The van der Waals surface area contributed by atoms with Crippen molar-refractivity contribution in [1.82, 2.24) is 4.90 Å². The Morgan fingerprint density at radius 3 is 3.00 bits per heavy atom. The molecule has 3 rings (SSSR count). The summed E-state index contributed by atoms with van der Waals surface area (Å²) < 4.78 is 4.91. The lowest BCUT2D eigenvalue weighted by Crippen LogP contribution is -2.53. The van der Waals surface area contributed by atoms with Crippen molar-refractivity contribution in [1.29, 1.82) is 0 Å². The zero-order valence-corrected chi connectivity index (χ0v) is 12.8. The van der Waals surface area contributed by atoms with Crippen LogP contribution in [0.2, 0.25) is 0 Å². The van der Waals surface area contributed by atoms with E-state index in [0.29, 0.717) is 18.4 Å². The first kappa shape index (κ1) is 14.4. The summed E-state index contributed by atoms with van der Waals surface area (Å²) in [4.78, 5) is 14.3. The van der Waals surface area contributed by atoms with Gasteiger partial charge in [-0.2, -0.15) is 0 Å². The second kappa shape index (κ2) is 6.06. The lowest BCUT2D eigenvalue weighted by Gasteiger charge is -2.42. The number of hydrogen-bond acceptors (Lipinski definition) is 4. The minimum absolute atomic E-state index is 0.112. The van der Waals surface area contributed by atoms with E-state index in [1.165, 1.54) is 18.4 Å². The summed E-state index contributed by atoms with van der Waals surface area (Å²) in [5, 5.41) is 3.65. The van der Waals surface area contributed by atoms with Crippen molar-refractivity contribution in [3.63, 3.8) is 0 Å². The van der Waals surface area contributed by atoms with E-state index in [0.717, 1.165) is 25.9 Å². The molecule has 4 heteroatoms. The van der Waals surface area contributed by atoms with Gasteiger partial charge in [0.2, 0.25) is 0 Å². The van der Waals surface area contributed by atoms with Gasteiger partial charge in [-0.25, -0.2) is 0 Å². The maximum Gasteiger partial charge on any atom is 0.307 e. The molecular formula is C17H24N2O2. The fourth-order valence-electron chi connectivity index (χ4n) is 3.90. The molecule has 1 N–H and O–H groups in total. The Bertz CT molecular complexity index is 517. The number of carbonyl (C=O) groups excluding carboxylic acids is 1. The van der Waals surface area contributed by atoms with Crippen molar-refractivity contribution in [2.24, 2.45) is 0 Å². The molecule has 0 radical (unpaired) electrons. The summed E-state index contributed by atoms with van der Waals surface area (Å²) in [7, 11) is 1.48. The van der Waals surface area contributed by atoms with Crippen molar-refractivity contribution >= 4 is 11.7 Å². The monoisotopic (exact) mass is 288 g/mol. The molecule has 1 fully saturated rings. The van der Waals surface area contributed by atoms with Gasteiger partial charge in [-0.3, -0.25) is 9.69 Å². The van der Waals surface area contributed by atoms with Crippen LogP contribution >= 0.6 is 0 Å². The molecule has 2 heterocycles. The molecule has 1 aromatic rings. The Labute approximate surface area is 126 Å². The molecule has 0 spiro atoms. The van der Waals surface area contributed by atoms with E-state index in [1.54, 1.807) is 0 Å². The quantitative estimate of drug-likeness (QED) is 0.865. The van der Waals surface area contributed by atoms with Gasteiger partial charge in [0.25, 0.3) is 0 Å². The first-order chi connectivity index (χ1) is 10.2. The number of rotatable bonds is 4. The van der Waals surface area contributed by atoms with Crippen molar-refractivity contribution in [2.75, 3.05) is 25.5 Å². The molecule has 3 unspecified atom stereocenters. The molecule has 4 nitrogen and oxygen atoms in total. The second-order valence-corrected chi connectivity index (χ2v) is 6.04. The molecule has 1 saturated heterocycles. The predicted octanol–water partition coefficient (Wildman–Crippen LogP) is 2.61. The smallest absolute Gasteiger partial charge is 0.307 e. The van der Waals surface area contributed by atoms with Crippen LogP contribution in [0.4, 0.5) is 5.69 Å². The second-order valence-electron chi connectivity index (χ2n) is 6.04. The number of hydrogen-bond donors (Lipinski definition) is 1. The van der Waals surface area contributed by atoms with Crippen LogP contribution in [-0.4, -0.2) is 43.2 Å². The van der Waals surface area contributed by atoms with Gasteiger partial charge in [-0.05, 0) is 37.6 Å². The third-order valence-electron chi connectivity index (χ3n) is 4.84. The van der Waals surface area contributed by atoms with E-state index >= 15 is 0 Å². The van der Waals surface area contributed by atoms with Gasteiger partial charge in [0, 0.05) is 23.7 Å². The molecule has 0 amide bonds. The number of piperidine rings is 1. The van der Waals surface area contributed by atoms with Crippen molar-refractivity contribution < 1.29 is 9.53 Å². The zero-order chi connectivity index (χ0) is 14.8. The number of nitrogens with zero attached hydrogens (tertiary/aromatic N) is 1. The van der Waals surface area contributed by atoms with Crippen LogP contribution in [0.3, 0.4) is 0 Å². The highest BCUT2D eigenvalue weighted by Crippen LogP contribution is 2.43. The SMILES string of the molecule is CCCN1CCC2c3ccccc3NC2C1CC(=O)OC. The Kier molecular flexibility index (Phi) is 4.15. The Balaban J connectivity index is 1.84. The van der Waals surface area contributed by atoms with Crippen LogP contribution in [-0.2, 0) is 9.53 Å². The van der Waals surface area contributed by atoms with E-state index in [9.17, 15) is 4.79 Å². The summed E-state index contributed by atoms with van der Waals surface area (Å²) in [5.74, 6) is 0.406. The molecule has 1 aromatic carbocycles. The van der Waals surface area contributed by atoms with Crippen LogP contribution in [0.25, 0.3) is 0 Å². The van der Waals surface area contributed by atoms with Crippen molar-refractivity contribution in [2.45, 2.75) is 44.2 Å².